The minimum absolute atomic E-state index is 0.0204. The van der Waals surface area contributed by atoms with E-state index >= 15 is 0 Å². The average Bonchev–Trinajstić information content (AvgIpc) is 2.26. The zero-order chi connectivity index (χ0) is 14.2. The van der Waals surface area contributed by atoms with Crippen LogP contribution in [0.25, 0.3) is 0 Å². The number of hydrogen-bond donors (Lipinski definition) is 2. The first-order chi connectivity index (χ1) is 8.79. The summed E-state index contributed by atoms with van der Waals surface area (Å²) in [6.07, 6.45) is 1.66. The first-order valence-electron chi connectivity index (χ1n) is 6.16. The summed E-state index contributed by atoms with van der Waals surface area (Å²) in [5.74, 6) is -0.590. The second kappa shape index (κ2) is 4.94. The molecule has 1 fully saturated rings. The standard InChI is InChI=1S/C13H17NO4S/c1-8-5-11(6-8)14-19(17,18)12-7-10(13(15)16)4-3-9(12)2/h3-4,7-8,11,14H,5-6H2,1-2H3,(H,15,16). The van der Waals surface area contributed by atoms with E-state index in [4.69, 9.17) is 5.11 Å². The van der Waals surface area contributed by atoms with Crippen LogP contribution < -0.4 is 4.72 Å². The second-order valence-corrected chi connectivity index (χ2v) is 6.86. The Balaban J connectivity index is 2.29. The maximum atomic E-state index is 12.2. The highest BCUT2D eigenvalue weighted by Gasteiger charge is 2.30. The fraction of sp³-hybridized carbons (Fsp3) is 0.462. The second-order valence-electron chi connectivity index (χ2n) is 5.18. The highest BCUT2D eigenvalue weighted by molar-refractivity contribution is 7.89. The Morgan fingerprint density at radius 1 is 1.37 bits per heavy atom. The van der Waals surface area contributed by atoms with Gasteiger partial charge in [-0.3, -0.25) is 0 Å². The molecule has 0 unspecified atom stereocenters. The molecule has 0 radical (unpaired) electrons. The van der Waals surface area contributed by atoms with Crippen LogP contribution in [0.3, 0.4) is 0 Å². The van der Waals surface area contributed by atoms with E-state index in [1.165, 1.54) is 18.2 Å². The summed E-state index contributed by atoms with van der Waals surface area (Å²) in [6, 6.07) is 4.10. The van der Waals surface area contributed by atoms with E-state index in [0.717, 1.165) is 12.8 Å². The molecule has 6 heteroatoms. The van der Waals surface area contributed by atoms with Crippen molar-refractivity contribution in [1.82, 2.24) is 4.72 Å². The summed E-state index contributed by atoms with van der Waals surface area (Å²) in [5.41, 5.74) is 0.526. The van der Waals surface area contributed by atoms with Gasteiger partial charge in [-0.05, 0) is 43.4 Å². The van der Waals surface area contributed by atoms with Crippen LogP contribution in [0, 0.1) is 12.8 Å². The summed E-state index contributed by atoms with van der Waals surface area (Å²) in [7, 11) is -3.64. The van der Waals surface area contributed by atoms with Gasteiger partial charge >= 0.3 is 5.97 Å². The zero-order valence-corrected chi connectivity index (χ0v) is 11.7. The topological polar surface area (TPSA) is 83.5 Å². The van der Waals surface area contributed by atoms with Crippen molar-refractivity contribution < 1.29 is 18.3 Å². The number of sulfonamides is 1. The van der Waals surface area contributed by atoms with Crippen LogP contribution in [-0.4, -0.2) is 25.5 Å². The van der Waals surface area contributed by atoms with Gasteiger partial charge in [-0.2, -0.15) is 0 Å². The number of carboxylic acids is 1. The van der Waals surface area contributed by atoms with E-state index in [1.54, 1.807) is 6.92 Å². The van der Waals surface area contributed by atoms with Crippen molar-refractivity contribution in [2.24, 2.45) is 5.92 Å². The van der Waals surface area contributed by atoms with Crippen molar-refractivity contribution in [2.45, 2.75) is 37.6 Å². The number of aryl methyl sites for hydroxylation is 1. The van der Waals surface area contributed by atoms with Gasteiger partial charge in [0.25, 0.3) is 0 Å². The molecule has 1 aliphatic carbocycles. The molecular formula is C13H17NO4S. The molecule has 2 rings (SSSR count). The number of hydrogen-bond acceptors (Lipinski definition) is 3. The molecule has 0 bridgehead atoms. The lowest BCUT2D eigenvalue weighted by Crippen LogP contribution is -2.43. The molecule has 104 valence electrons. The monoisotopic (exact) mass is 283 g/mol. The predicted molar refractivity (Wildman–Crippen MR) is 70.6 cm³/mol. The number of rotatable bonds is 4. The van der Waals surface area contributed by atoms with E-state index in [2.05, 4.69) is 11.6 Å². The fourth-order valence-electron chi connectivity index (χ4n) is 2.30. The summed E-state index contributed by atoms with van der Waals surface area (Å²) in [5, 5.41) is 8.92. The molecule has 1 aromatic rings. The summed E-state index contributed by atoms with van der Waals surface area (Å²) in [6.45, 7) is 3.73. The van der Waals surface area contributed by atoms with Crippen molar-refractivity contribution in [2.75, 3.05) is 0 Å². The van der Waals surface area contributed by atoms with Crippen LogP contribution in [0.5, 0.6) is 0 Å². The maximum absolute atomic E-state index is 12.2. The Hall–Kier alpha value is -1.40. The minimum atomic E-state index is -3.64. The molecule has 0 aromatic heterocycles. The predicted octanol–water partition coefficient (Wildman–Crippen LogP) is 1.77. The van der Waals surface area contributed by atoms with Crippen LogP contribution in [0.1, 0.15) is 35.7 Å². The smallest absolute Gasteiger partial charge is 0.335 e. The van der Waals surface area contributed by atoms with Crippen LogP contribution in [-0.2, 0) is 10.0 Å². The number of benzene rings is 1. The van der Waals surface area contributed by atoms with Crippen LogP contribution in [0.2, 0.25) is 0 Å². The van der Waals surface area contributed by atoms with Crippen LogP contribution in [0.15, 0.2) is 23.1 Å². The molecule has 2 N–H and O–H groups in total. The highest BCUT2D eigenvalue weighted by atomic mass is 32.2. The van der Waals surface area contributed by atoms with Crippen molar-refractivity contribution in [3.8, 4) is 0 Å². The quantitative estimate of drug-likeness (QED) is 0.882. The van der Waals surface area contributed by atoms with E-state index in [1.807, 2.05) is 0 Å². The van der Waals surface area contributed by atoms with E-state index in [0.29, 0.717) is 11.5 Å². The molecule has 0 atom stereocenters. The molecule has 0 amide bonds. The fourth-order valence-corrected chi connectivity index (χ4v) is 3.84. The van der Waals surface area contributed by atoms with Crippen molar-refractivity contribution in [3.05, 3.63) is 29.3 Å². The third-order valence-electron chi connectivity index (χ3n) is 3.42. The lowest BCUT2D eigenvalue weighted by atomic mass is 9.83. The molecule has 19 heavy (non-hydrogen) atoms. The van der Waals surface area contributed by atoms with Gasteiger partial charge in [0.2, 0.25) is 10.0 Å². The Morgan fingerprint density at radius 3 is 2.53 bits per heavy atom. The Labute approximate surface area is 112 Å². The summed E-state index contributed by atoms with van der Waals surface area (Å²) < 4.78 is 27.1. The number of carbonyl (C=O) groups is 1. The molecule has 1 aliphatic rings. The van der Waals surface area contributed by atoms with Gasteiger partial charge < -0.3 is 5.11 Å². The normalized spacial score (nSPS) is 22.8. The molecule has 1 saturated carbocycles. The zero-order valence-electron chi connectivity index (χ0n) is 10.9. The molecule has 0 heterocycles. The van der Waals surface area contributed by atoms with Crippen LogP contribution in [0.4, 0.5) is 0 Å². The van der Waals surface area contributed by atoms with Crippen molar-refractivity contribution in [3.63, 3.8) is 0 Å². The van der Waals surface area contributed by atoms with Gasteiger partial charge in [-0.25, -0.2) is 17.9 Å². The lowest BCUT2D eigenvalue weighted by molar-refractivity contribution is 0.0696. The van der Waals surface area contributed by atoms with Gasteiger partial charge in [0.1, 0.15) is 0 Å². The van der Waals surface area contributed by atoms with E-state index in [9.17, 15) is 13.2 Å². The molecule has 0 saturated heterocycles. The largest absolute Gasteiger partial charge is 0.478 e. The van der Waals surface area contributed by atoms with E-state index in [-0.39, 0.29) is 16.5 Å². The SMILES string of the molecule is Cc1ccc(C(=O)O)cc1S(=O)(=O)NC1CC(C)C1. The maximum Gasteiger partial charge on any atom is 0.335 e. The van der Waals surface area contributed by atoms with Gasteiger partial charge in [0, 0.05) is 6.04 Å². The third-order valence-corrected chi connectivity index (χ3v) is 5.08. The number of aromatic carboxylic acids is 1. The van der Waals surface area contributed by atoms with Crippen molar-refractivity contribution in [1.29, 1.82) is 0 Å². The first kappa shape index (κ1) is 14.0. The number of nitrogens with one attached hydrogen (secondary N) is 1. The number of carboxylic acid groups (broad SMARTS) is 1. The van der Waals surface area contributed by atoms with E-state index < -0.39 is 16.0 Å². The Morgan fingerprint density at radius 2 is 2.00 bits per heavy atom. The lowest BCUT2D eigenvalue weighted by Gasteiger charge is -2.33. The minimum Gasteiger partial charge on any atom is -0.478 e. The average molecular weight is 283 g/mol. The van der Waals surface area contributed by atoms with Gasteiger partial charge in [0.15, 0.2) is 0 Å². The Kier molecular flexibility index (Phi) is 3.64. The summed E-state index contributed by atoms with van der Waals surface area (Å²) in [4.78, 5) is 11.0. The van der Waals surface area contributed by atoms with Gasteiger partial charge in [-0.15, -0.1) is 0 Å². The highest BCUT2D eigenvalue weighted by Crippen LogP contribution is 2.28. The first-order valence-corrected chi connectivity index (χ1v) is 7.64. The molecule has 0 spiro atoms. The van der Waals surface area contributed by atoms with Crippen molar-refractivity contribution >= 4 is 16.0 Å². The summed E-state index contributed by atoms with van der Waals surface area (Å²) >= 11 is 0. The van der Waals surface area contributed by atoms with Gasteiger partial charge in [-0.1, -0.05) is 13.0 Å². The molecule has 5 nitrogen and oxygen atoms in total. The van der Waals surface area contributed by atoms with Crippen LogP contribution >= 0.6 is 0 Å². The third kappa shape index (κ3) is 2.96. The van der Waals surface area contributed by atoms with Gasteiger partial charge in [0.05, 0.1) is 10.5 Å². The molecule has 0 aliphatic heterocycles. The molecule has 1 aromatic carbocycles. The Bertz CT molecular complexity index is 603. The molecular weight excluding hydrogens is 266 g/mol.